The fourth-order valence-corrected chi connectivity index (χ4v) is 0.812. The van der Waals surface area contributed by atoms with Gasteiger partial charge < -0.3 is 0 Å². The number of aryl methyl sites for hydroxylation is 1. The predicted octanol–water partition coefficient (Wildman–Crippen LogP) is 3.69. The Morgan fingerprint density at radius 1 is 1.00 bits per heavy atom. The van der Waals surface area contributed by atoms with Crippen molar-refractivity contribution in [3.05, 3.63) is 35.1 Å². The van der Waals surface area contributed by atoms with Crippen molar-refractivity contribution in [1.29, 1.82) is 0 Å². The van der Waals surface area contributed by atoms with E-state index in [0.717, 1.165) is 12.1 Å². The Labute approximate surface area is 76.4 Å². The van der Waals surface area contributed by atoms with E-state index in [0.29, 0.717) is 12.0 Å². The van der Waals surface area contributed by atoms with Gasteiger partial charge >= 0.3 is 0 Å². The molecule has 0 unspecified atom stereocenters. The summed E-state index contributed by atoms with van der Waals surface area (Å²) in [5.74, 6) is -3.65. The molecule has 1 rings (SSSR count). The molecule has 74 valence electrons. The SMILES string of the molecule is CC.CCc1cc(F)c(F)c(F)c1. The molecule has 0 radical (unpaired) electrons. The third-order valence-corrected chi connectivity index (χ3v) is 1.45. The van der Waals surface area contributed by atoms with E-state index in [1.54, 1.807) is 6.92 Å². The highest BCUT2D eigenvalue weighted by molar-refractivity contribution is 5.19. The van der Waals surface area contributed by atoms with Gasteiger partial charge in [0.2, 0.25) is 0 Å². The van der Waals surface area contributed by atoms with E-state index in [-0.39, 0.29) is 0 Å². The summed E-state index contributed by atoms with van der Waals surface area (Å²) in [6, 6.07) is 2.00. The Kier molecular flexibility index (Phi) is 5.19. The van der Waals surface area contributed by atoms with E-state index in [2.05, 4.69) is 0 Å². The molecule has 1 aromatic rings. The molecule has 3 heteroatoms. The maximum Gasteiger partial charge on any atom is 0.194 e. The van der Waals surface area contributed by atoms with E-state index in [4.69, 9.17) is 0 Å². The number of benzene rings is 1. The Morgan fingerprint density at radius 2 is 1.38 bits per heavy atom. The molecule has 0 amide bonds. The number of hydrogen-bond acceptors (Lipinski definition) is 0. The minimum atomic E-state index is -1.40. The van der Waals surface area contributed by atoms with Gasteiger partial charge in [0.1, 0.15) is 0 Å². The molecule has 0 aliphatic carbocycles. The minimum Gasteiger partial charge on any atom is -0.204 e. The summed E-state index contributed by atoms with van der Waals surface area (Å²) >= 11 is 0. The summed E-state index contributed by atoms with van der Waals surface area (Å²) < 4.78 is 37.1. The van der Waals surface area contributed by atoms with Gasteiger partial charge in [-0.2, -0.15) is 0 Å². The van der Waals surface area contributed by atoms with Crippen LogP contribution in [0.5, 0.6) is 0 Å². The molecular weight excluding hydrogens is 177 g/mol. The van der Waals surface area contributed by atoms with Crippen molar-refractivity contribution in [3.8, 4) is 0 Å². The lowest BCUT2D eigenvalue weighted by Crippen LogP contribution is -1.92. The van der Waals surface area contributed by atoms with Crippen LogP contribution in [-0.2, 0) is 6.42 Å². The summed E-state index contributed by atoms with van der Waals surface area (Å²) in [7, 11) is 0. The van der Waals surface area contributed by atoms with Gasteiger partial charge in [-0.1, -0.05) is 20.8 Å². The molecule has 13 heavy (non-hydrogen) atoms. The standard InChI is InChI=1S/C8H7F3.C2H6/c1-2-5-3-6(9)8(11)7(10)4-5;1-2/h3-4H,2H2,1H3;1-2H3. The fourth-order valence-electron chi connectivity index (χ4n) is 0.812. The summed E-state index contributed by atoms with van der Waals surface area (Å²) in [5, 5.41) is 0. The molecule has 0 bridgehead atoms. The predicted molar refractivity (Wildman–Crippen MR) is 47.0 cm³/mol. The van der Waals surface area contributed by atoms with Crippen molar-refractivity contribution >= 4 is 0 Å². The van der Waals surface area contributed by atoms with Crippen LogP contribution in [0, 0.1) is 17.5 Å². The van der Waals surface area contributed by atoms with E-state index >= 15 is 0 Å². The Hall–Kier alpha value is -0.990. The zero-order chi connectivity index (χ0) is 10.4. The van der Waals surface area contributed by atoms with Crippen LogP contribution in [0.15, 0.2) is 12.1 Å². The van der Waals surface area contributed by atoms with Crippen LogP contribution < -0.4 is 0 Å². The van der Waals surface area contributed by atoms with Crippen LogP contribution in [0.2, 0.25) is 0 Å². The first-order valence-electron chi connectivity index (χ1n) is 4.28. The molecule has 0 atom stereocenters. The van der Waals surface area contributed by atoms with Crippen molar-refractivity contribution in [1.82, 2.24) is 0 Å². The average Bonchev–Trinajstić information content (AvgIpc) is 2.16. The zero-order valence-electron chi connectivity index (χ0n) is 8.00. The smallest absolute Gasteiger partial charge is 0.194 e. The minimum absolute atomic E-state index is 0.460. The van der Waals surface area contributed by atoms with Crippen molar-refractivity contribution in [3.63, 3.8) is 0 Å². The summed E-state index contributed by atoms with van der Waals surface area (Å²) in [5.41, 5.74) is 0.460. The molecule has 0 saturated heterocycles. The maximum absolute atomic E-state index is 12.4. The highest BCUT2D eigenvalue weighted by atomic mass is 19.2. The molecule has 0 saturated carbocycles. The lowest BCUT2D eigenvalue weighted by atomic mass is 10.1. The maximum atomic E-state index is 12.4. The molecule has 1 aromatic carbocycles. The molecular formula is C10H13F3. The lowest BCUT2D eigenvalue weighted by molar-refractivity contribution is 0.445. The Morgan fingerprint density at radius 3 is 1.69 bits per heavy atom. The first-order valence-corrected chi connectivity index (χ1v) is 4.28. The molecule has 0 spiro atoms. The summed E-state index contributed by atoms with van der Waals surface area (Å²) in [4.78, 5) is 0. The summed E-state index contributed by atoms with van der Waals surface area (Å²) in [6.45, 7) is 5.74. The van der Waals surface area contributed by atoms with Gasteiger partial charge in [-0.05, 0) is 24.1 Å². The van der Waals surface area contributed by atoms with Gasteiger partial charge in [0.15, 0.2) is 17.5 Å². The number of rotatable bonds is 1. The second kappa shape index (κ2) is 5.62. The van der Waals surface area contributed by atoms with Gasteiger partial charge in [-0.3, -0.25) is 0 Å². The topological polar surface area (TPSA) is 0 Å². The van der Waals surface area contributed by atoms with Crippen molar-refractivity contribution < 1.29 is 13.2 Å². The first kappa shape index (κ1) is 12.0. The average molecular weight is 190 g/mol. The van der Waals surface area contributed by atoms with Gasteiger partial charge in [0.05, 0.1) is 0 Å². The molecule has 0 fully saturated rings. The van der Waals surface area contributed by atoms with Gasteiger partial charge in [0, 0.05) is 0 Å². The van der Waals surface area contributed by atoms with Crippen molar-refractivity contribution in [2.45, 2.75) is 27.2 Å². The third-order valence-electron chi connectivity index (χ3n) is 1.45. The molecule has 0 heterocycles. The van der Waals surface area contributed by atoms with Crippen LogP contribution in [0.3, 0.4) is 0 Å². The first-order chi connectivity index (χ1) is 6.15. The number of halogens is 3. The Bertz CT molecular complexity index is 246. The van der Waals surface area contributed by atoms with Crippen LogP contribution >= 0.6 is 0 Å². The fraction of sp³-hybridized carbons (Fsp3) is 0.400. The highest BCUT2D eigenvalue weighted by Crippen LogP contribution is 2.13. The second-order valence-corrected chi connectivity index (χ2v) is 2.23. The quantitative estimate of drug-likeness (QED) is 0.592. The van der Waals surface area contributed by atoms with Crippen LogP contribution in [0.1, 0.15) is 26.3 Å². The van der Waals surface area contributed by atoms with Crippen molar-refractivity contribution in [2.24, 2.45) is 0 Å². The Balaban J connectivity index is 0.000000671. The van der Waals surface area contributed by atoms with Gasteiger partial charge in [0.25, 0.3) is 0 Å². The summed E-state index contributed by atoms with van der Waals surface area (Å²) in [6.07, 6.45) is 0.494. The monoisotopic (exact) mass is 190 g/mol. The molecule has 0 N–H and O–H groups in total. The van der Waals surface area contributed by atoms with Gasteiger partial charge in [-0.25, -0.2) is 13.2 Å². The normalized spacial score (nSPS) is 9.08. The second-order valence-electron chi connectivity index (χ2n) is 2.23. The number of hydrogen-bond donors (Lipinski definition) is 0. The van der Waals surface area contributed by atoms with E-state index in [1.165, 1.54) is 0 Å². The van der Waals surface area contributed by atoms with Crippen molar-refractivity contribution in [2.75, 3.05) is 0 Å². The molecule has 0 aliphatic rings. The molecule has 0 aliphatic heterocycles. The molecule has 0 aromatic heterocycles. The van der Waals surface area contributed by atoms with Crippen LogP contribution in [-0.4, -0.2) is 0 Å². The van der Waals surface area contributed by atoms with Gasteiger partial charge in [-0.15, -0.1) is 0 Å². The van der Waals surface area contributed by atoms with E-state index in [1.807, 2.05) is 13.8 Å². The highest BCUT2D eigenvalue weighted by Gasteiger charge is 2.08. The lowest BCUT2D eigenvalue weighted by Gasteiger charge is -1.98. The van der Waals surface area contributed by atoms with E-state index < -0.39 is 17.5 Å². The largest absolute Gasteiger partial charge is 0.204 e. The van der Waals surface area contributed by atoms with E-state index in [9.17, 15) is 13.2 Å². The van der Waals surface area contributed by atoms with Crippen LogP contribution in [0.4, 0.5) is 13.2 Å². The third kappa shape index (κ3) is 3.09. The zero-order valence-corrected chi connectivity index (χ0v) is 8.00. The van der Waals surface area contributed by atoms with Crippen LogP contribution in [0.25, 0.3) is 0 Å². The molecule has 0 nitrogen and oxygen atoms in total.